The third-order valence-electron chi connectivity index (χ3n) is 3.62. The van der Waals surface area contributed by atoms with Crippen LogP contribution in [0.5, 0.6) is 11.8 Å². The summed E-state index contributed by atoms with van der Waals surface area (Å²) in [7, 11) is -2.00. The Hall–Kier alpha value is -3.55. The summed E-state index contributed by atoms with van der Waals surface area (Å²) in [5, 5.41) is 5.24. The number of fused-ring (bicyclic) bond motifs is 1. The zero-order chi connectivity index (χ0) is 21.2. The van der Waals surface area contributed by atoms with Gasteiger partial charge in [0.1, 0.15) is 0 Å². The molecule has 0 aliphatic carbocycles. The van der Waals surface area contributed by atoms with Crippen molar-refractivity contribution in [1.82, 2.24) is 29.3 Å². The second-order valence-electron chi connectivity index (χ2n) is 5.49. The molecule has 3 aromatic heterocycles. The van der Waals surface area contributed by atoms with Gasteiger partial charge >= 0.3 is 6.03 Å². The minimum atomic E-state index is -4.67. The minimum absolute atomic E-state index is 0.0265. The van der Waals surface area contributed by atoms with Crippen molar-refractivity contribution < 1.29 is 27.1 Å². The van der Waals surface area contributed by atoms with E-state index < -0.39 is 27.0 Å². The second kappa shape index (κ2) is 7.83. The van der Waals surface area contributed by atoms with E-state index in [0.717, 1.165) is 4.52 Å². The van der Waals surface area contributed by atoms with Gasteiger partial charge < -0.3 is 9.47 Å². The zero-order valence-corrected chi connectivity index (χ0v) is 16.3. The van der Waals surface area contributed by atoms with Crippen LogP contribution in [-0.4, -0.2) is 53.2 Å². The number of hydrogen-bond donors (Lipinski definition) is 2. The van der Waals surface area contributed by atoms with Crippen molar-refractivity contribution in [3.8, 4) is 11.8 Å². The standard InChI is InChI=1S/C15H16FN7O5S/c1-4-8-5-6-9-17-12(16)13(23(9)21-8)29(25,26)22-15(24)20-14-18-10(27-2)7-11(19-14)28-3/h5-7H,4H2,1-3H3,(H2,18,19,20,22,24). The van der Waals surface area contributed by atoms with E-state index in [9.17, 15) is 17.6 Å². The first kappa shape index (κ1) is 20.2. The van der Waals surface area contributed by atoms with Crippen molar-refractivity contribution in [3.63, 3.8) is 0 Å². The number of methoxy groups -OCH3 is 2. The summed E-state index contributed by atoms with van der Waals surface area (Å²) in [4.78, 5) is 23.4. The fourth-order valence-corrected chi connectivity index (χ4v) is 3.33. The smallest absolute Gasteiger partial charge is 0.335 e. The molecule has 0 spiro atoms. The van der Waals surface area contributed by atoms with Crippen LogP contribution < -0.4 is 19.5 Å². The Morgan fingerprint density at radius 2 is 1.83 bits per heavy atom. The summed E-state index contributed by atoms with van der Waals surface area (Å²) in [6.07, 6.45) is 0.484. The molecule has 0 fully saturated rings. The number of halogens is 1. The number of carbonyl (C=O) groups is 1. The highest BCUT2D eigenvalue weighted by atomic mass is 32.2. The van der Waals surface area contributed by atoms with Crippen LogP contribution in [-0.2, 0) is 16.4 Å². The number of aryl methyl sites for hydroxylation is 1. The van der Waals surface area contributed by atoms with E-state index in [0.29, 0.717) is 12.1 Å². The Morgan fingerprint density at radius 1 is 1.17 bits per heavy atom. The van der Waals surface area contributed by atoms with E-state index in [2.05, 4.69) is 25.4 Å². The van der Waals surface area contributed by atoms with Crippen molar-refractivity contribution in [2.24, 2.45) is 0 Å². The zero-order valence-electron chi connectivity index (χ0n) is 15.5. The lowest BCUT2D eigenvalue weighted by atomic mass is 10.3. The molecule has 3 aromatic rings. The predicted molar refractivity (Wildman–Crippen MR) is 96.8 cm³/mol. The van der Waals surface area contributed by atoms with Gasteiger partial charge in [0.25, 0.3) is 16.0 Å². The highest BCUT2D eigenvalue weighted by Crippen LogP contribution is 2.18. The lowest BCUT2D eigenvalue weighted by Gasteiger charge is -2.09. The summed E-state index contributed by atoms with van der Waals surface area (Å²) < 4.78 is 51.7. The molecule has 14 heteroatoms. The SMILES string of the molecule is CCc1ccc2nc(F)c(S(=O)(=O)NC(=O)Nc3nc(OC)cc(OC)n3)n2n1. The lowest BCUT2D eigenvalue weighted by molar-refractivity contribution is 0.256. The van der Waals surface area contributed by atoms with Gasteiger partial charge in [-0.1, -0.05) is 6.92 Å². The molecule has 0 saturated heterocycles. The number of carbonyl (C=O) groups excluding carboxylic acids is 1. The molecule has 0 aliphatic rings. The van der Waals surface area contributed by atoms with Crippen LogP contribution in [0, 0.1) is 5.95 Å². The Balaban J connectivity index is 1.89. The first-order valence-corrected chi connectivity index (χ1v) is 9.60. The Kier molecular flexibility index (Phi) is 5.45. The average Bonchev–Trinajstić information content (AvgIpc) is 3.02. The van der Waals surface area contributed by atoms with Crippen LogP contribution in [0.15, 0.2) is 23.2 Å². The topological polar surface area (TPSA) is 150 Å². The highest BCUT2D eigenvalue weighted by Gasteiger charge is 2.29. The van der Waals surface area contributed by atoms with E-state index in [1.165, 1.54) is 26.4 Å². The van der Waals surface area contributed by atoms with Crippen molar-refractivity contribution in [3.05, 3.63) is 29.8 Å². The predicted octanol–water partition coefficient (Wildman–Crippen LogP) is 0.748. The number of nitrogens with one attached hydrogen (secondary N) is 2. The Bertz CT molecular complexity index is 1160. The molecule has 29 heavy (non-hydrogen) atoms. The number of hydrogen-bond acceptors (Lipinski definition) is 9. The molecule has 0 aromatic carbocycles. The van der Waals surface area contributed by atoms with Crippen LogP contribution in [0.25, 0.3) is 5.65 Å². The highest BCUT2D eigenvalue weighted by molar-refractivity contribution is 7.90. The van der Waals surface area contributed by atoms with E-state index in [1.54, 1.807) is 17.7 Å². The van der Waals surface area contributed by atoms with E-state index in [1.807, 2.05) is 0 Å². The van der Waals surface area contributed by atoms with Gasteiger partial charge in [0.2, 0.25) is 22.7 Å². The number of anilines is 1. The number of ether oxygens (including phenoxy) is 2. The number of rotatable bonds is 6. The molecule has 154 valence electrons. The molecule has 0 radical (unpaired) electrons. The van der Waals surface area contributed by atoms with Gasteiger partial charge in [-0.15, -0.1) is 0 Å². The number of nitrogens with zero attached hydrogens (tertiary/aromatic N) is 5. The minimum Gasteiger partial charge on any atom is -0.481 e. The molecule has 3 heterocycles. The average molecular weight is 425 g/mol. The second-order valence-corrected chi connectivity index (χ2v) is 7.09. The van der Waals surface area contributed by atoms with Gasteiger partial charge in [-0.05, 0) is 18.6 Å². The first-order chi connectivity index (χ1) is 13.8. The molecule has 0 bridgehead atoms. The monoisotopic (exact) mass is 425 g/mol. The molecule has 0 saturated carbocycles. The van der Waals surface area contributed by atoms with Crippen LogP contribution in [0.1, 0.15) is 12.6 Å². The van der Waals surface area contributed by atoms with E-state index >= 15 is 0 Å². The summed E-state index contributed by atoms with van der Waals surface area (Å²) in [5.41, 5.74) is 0.481. The van der Waals surface area contributed by atoms with Gasteiger partial charge in [0, 0.05) is 0 Å². The Labute approximate surface area is 164 Å². The van der Waals surface area contributed by atoms with Crippen molar-refractivity contribution in [2.75, 3.05) is 19.5 Å². The van der Waals surface area contributed by atoms with Crippen LogP contribution in [0.4, 0.5) is 15.1 Å². The third-order valence-corrected chi connectivity index (χ3v) is 4.92. The molecule has 12 nitrogen and oxygen atoms in total. The number of urea groups is 1. The van der Waals surface area contributed by atoms with Crippen LogP contribution in [0.2, 0.25) is 0 Å². The molecule has 2 N–H and O–H groups in total. The summed E-state index contributed by atoms with van der Waals surface area (Å²) in [5.74, 6) is -1.46. The number of aromatic nitrogens is 5. The van der Waals surface area contributed by atoms with Gasteiger partial charge in [0.05, 0.1) is 26.0 Å². The molecule has 3 rings (SSSR count). The van der Waals surface area contributed by atoms with Gasteiger partial charge in [-0.3, -0.25) is 5.32 Å². The molecule has 0 unspecified atom stereocenters. The summed E-state index contributed by atoms with van der Waals surface area (Å²) >= 11 is 0. The lowest BCUT2D eigenvalue weighted by Crippen LogP contribution is -2.36. The number of imidazole rings is 1. The number of amides is 2. The van der Waals surface area contributed by atoms with Crippen molar-refractivity contribution in [1.29, 1.82) is 0 Å². The fraction of sp³-hybridized carbons (Fsp3) is 0.267. The van der Waals surface area contributed by atoms with Crippen LogP contribution in [0.3, 0.4) is 0 Å². The molecular weight excluding hydrogens is 409 g/mol. The molecule has 0 atom stereocenters. The van der Waals surface area contributed by atoms with Gasteiger partial charge in [0.15, 0.2) is 5.65 Å². The van der Waals surface area contributed by atoms with Crippen LogP contribution >= 0.6 is 0 Å². The normalized spacial score (nSPS) is 11.3. The van der Waals surface area contributed by atoms with E-state index in [4.69, 9.17) is 9.47 Å². The molecule has 0 aliphatic heterocycles. The van der Waals surface area contributed by atoms with E-state index in [-0.39, 0.29) is 23.4 Å². The first-order valence-electron chi connectivity index (χ1n) is 8.12. The third kappa shape index (κ3) is 4.16. The number of sulfonamides is 1. The van der Waals surface area contributed by atoms with Crippen molar-refractivity contribution >= 4 is 27.6 Å². The quantitative estimate of drug-likeness (QED) is 0.583. The van der Waals surface area contributed by atoms with Crippen molar-refractivity contribution in [2.45, 2.75) is 18.4 Å². The maximum atomic E-state index is 14.2. The Morgan fingerprint density at radius 3 is 2.41 bits per heavy atom. The molecule has 2 amide bonds. The maximum absolute atomic E-state index is 14.2. The summed E-state index contributed by atoms with van der Waals surface area (Å²) in [6.45, 7) is 1.80. The largest absolute Gasteiger partial charge is 0.481 e. The maximum Gasteiger partial charge on any atom is 0.335 e. The summed E-state index contributed by atoms with van der Waals surface area (Å²) in [6, 6.07) is 3.13. The van der Waals surface area contributed by atoms with Gasteiger partial charge in [-0.25, -0.2) is 9.52 Å². The fourth-order valence-electron chi connectivity index (χ4n) is 2.30. The van der Waals surface area contributed by atoms with Gasteiger partial charge in [-0.2, -0.15) is 37.4 Å². The molecular formula is C15H16FN7O5S.